The summed E-state index contributed by atoms with van der Waals surface area (Å²) in [5, 5.41) is 12.8. The molecule has 0 saturated carbocycles. The van der Waals surface area contributed by atoms with Crippen molar-refractivity contribution in [1.29, 1.82) is 5.41 Å². The van der Waals surface area contributed by atoms with Gasteiger partial charge in [-0.3, -0.25) is 5.41 Å². The third-order valence-corrected chi connectivity index (χ3v) is 4.60. The van der Waals surface area contributed by atoms with Gasteiger partial charge in [-0.1, -0.05) is 13.3 Å². The molecule has 0 spiro atoms. The molecular formula is C18H23F3N6. The van der Waals surface area contributed by atoms with Crippen molar-refractivity contribution in [3.8, 4) is 0 Å². The van der Waals surface area contributed by atoms with Crippen LogP contribution in [0.4, 0.5) is 19.0 Å². The van der Waals surface area contributed by atoms with Gasteiger partial charge in [0.1, 0.15) is 0 Å². The van der Waals surface area contributed by atoms with E-state index in [9.17, 15) is 13.2 Å². The number of unbranched alkanes of at least 4 members (excludes halogenated alkanes) is 1. The van der Waals surface area contributed by atoms with Gasteiger partial charge in [-0.2, -0.15) is 18.3 Å². The Balaban J connectivity index is 2.16. The molecule has 1 aliphatic rings. The number of nitrogens with one attached hydrogen (secondary N) is 1. The van der Waals surface area contributed by atoms with Crippen LogP contribution in [0.3, 0.4) is 0 Å². The summed E-state index contributed by atoms with van der Waals surface area (Å²) in [5.74, 6) is 0.448. The Labute approximate surface area is 155 Å². The maximum absolute atomic E-state index is 13.1. The molecule has 1 aliphatic heterocycles. The number of anilines is 1. The predicted molar refractivity (Wildman–Crippen MR) is 99.1 cm³/mol. The molecule has 0 atom stereocenters. The number of alkyl halides is 3. The standard InChI is InChI=1S/C18H23F3N6/c1-3-4-7-23-27-15-12-13(18(19,20)21)5-6-14(15)24-17(16(27)22)26-10-8-25(2)9-11-26/h5-7,12,22H,3-4,8-11H2,1-2H3. The van der Waals surface area contributed by atoms with Crippen LogP contribution in [0.1, 0.15) is 25.3 Å². The maximum Gasteiger partial charge on any atom is 0.416 e. The minimum absolute atomic E-state index is 0.00118. The molecule has 27 heavy (non-hydrogen) atoms. The predicted octanol–water partition coefficient (Wildman–Crippen LogP) is 2.92. The van der Waals surface area contributed by atoms with Crippen molar-refractivity contribution in [2.24, 2.45) is 5.10 Å². The van der Waals surface area contributed by atoms with Crippen LogP contribution < -0.4 is 10.4 Å². The van der Waals surface area contributed by atoms with E-state index in [0.29, 0.717) is 30.8 Å². The van der Waals surface area contributed by atoms with E-state index < -0.39 is 11.7 Å². The topological polar surface area (TPSA) is 60.5 Å². The number of piperazine rings is 1. The second-order valence-corrected chi connectivity index (χ2v) is 6.67. The molecule has 0 amide bonds. The second kappa shape index (κ2) is 7.67. The molecule has 9 heteroatoms. The van der Waals surface area contributed by atoms with Gasteiger partial charge >= 0.3 is 6.18 Å². The molecule has 1 aromatic heterocycles. The third-order valence-electron chi connectivity index (χ3n) is 4.60. The lowest BCUT2D eigenvalue weighted by molar-refractivity contribution is -0.137. The molecule has 1 aromatic carbocycles. The molecule has 146 valence electrons. The minimum atomic E-state index is -4.46. The fraction of sp³-hybridized carbons (Fsp3) is 0.500. The fourth-order valence-corrected chi connectivity index (χ4v) is 2.97. The Hall–Kier alpha value is -2.42. The third kappa shape index (κ3) is 4.13. The SMILES string of the molecule is CCCC=Nn1c(=N)c(N2CCN(C)CC2)nc2ccc(C(F)(F)F)cc21. The van der Waals surface area contributed by atoms with Gasteiger partial charge in [-0.25, -0.2) is 9.66 Å². The number of hydrogen-bond donors (Lipinski definition) is 1. The summed E-state index contributed by atoms with van der Waals surface area (Å²) in [6.45, 7) is 5.08. The van der Waals surface area contributed by atoms with Gasteiger partial charge in [0.05, 0.1) is 16.6 Å². The van der Waals surface area contributed by atoms with E-state index in [4.69, 9.17) is 5.41 Å². The Morgan fingerprint density at radius 1 is 1.22 bits per heavy atom. The lowest BCUT2D eigenvalue weighted by Gasteiger charge is -2.33. The monoisotopic (exact) mass is 380 g/mol. The Bertz CT molecular complexity index is 894. The molecule has 0 bridgehead atoms. The quantitative estimate of drug-likeness (QED) is 0.830. The van der Waals surface area contributed by atoms with Crippen LogP contribution in [0, 0.1) is 5.41 Å². The van der Waals surface area contributed by atoms with Gasteiger partial charge in [-0.15, -0.1) is 0 Å². The molecule has 6 nitrogen and oxygen atoms in total. The maximum atomic E-state index is 13.1. The molecular weight excluding hydrogens is 357 g/mol. The highest BCUT2D eigenvalue weighted by molar-refractivity contribution is 5.78. The van der Waals surface area contributed by atoms with Crippen molar-refractivity contribution in [2.75, 3.05) is 38.1 Å². The molecule has 1 fully saturated rings. The van der Waals surface area contributed by atoms with Crippen molar-refractivity contribution in [3.05, 3.63) is 29.3 Å². The minimum Gasteiger partial charge on any atom is -0.351 e. The lowest BCUT2D eigenvalue weighted by atomic mass is 10.2. The Morgan fingerprint density at radius 3 is 2.56 bits per heavy atom. The molecule has 0 radical (unpaired) electrons. The summed E-state index contributed by atoms with van der Waals surface area (Å²) in [5.41, 5.74) is -0.205. The summed E-state index contributed by atoms with van der Waals surface area (Å²) in [6.07, 6.45) is -1.29. The molecule has 2 aromatic rings. The van der Waals surface area contributed by atoms with E-state index in [1.807, 2.05) is 18.9 Å². The first-order valence-corrected chi connectivity index (χ1v) is 8.96. The fourth-order valence-electron chi connectivity index (χ4n) is 2.97. The van der Waals surface area contributed by atoms with Crippen LogP contribution in [-0.2, 0) is 6.18 Å². The highest BCUT2D eigenvalue weighted by Gasteiger charge is 2.31. The summed E-state index contributed by atoms with van der Waals surface area (Å²) >= 11 is 0. The number of nitrogens with zero attached hydrogens (tertiary/aromatic N) is 5. The van der Waals surface area contributed by atoms with Crippen molar-refractivity contribution in [2.45, 2.75) is 25.9 Å². The van der Waals surface area contributed by atoms with Crippen molar-refractivity contribution >= 4 is 23.1 Å². The number of hydrogen-bond acceptors (Lipinski definition) is 5. The summed E-state index contributed by atoms with van der Waals surface area (Å²) in [4.78, 5) is 8.67. The first-order valence-electron chi connectivity index (χ1n) is 8.96. The first-order chi connectivity index (χ1) is 12.8. The average molecular weight is 380 g/mol. The number of aromatic nitrogens is 2. The first kappa shape index (κ1) is 19.3. The van der Waals surface area contributed by atoms with Gasteiger partial charge in [0.15, 0.2) is 11.3 Å². The van der Waals surface area contributed by atoms with Crippen LogP contribution in [0.2, 0.25) is 0 Å². The van der Waals surface area contributed by atoms with Gasteiger partial charge < -0.3 is 9.80 Å². The largest absolute Gasteiger partial charge is 0.416 e. The highest BCUT2D eigenvalue weighted by atomic mass is 19.4. The molecule has 1 saturated heterocycles. The number of benzene rings is 1. The molecule has 0 unspecified atom stereocenters. The zero-order valence-electron chi connectivity index (χ0n) is 15.4. The number of fused-ring (bicyclic) bond motifs is 1. The molecule has 3 rings (SSSR count). The van der Waals surface area contributed by atoms with E-state index in [1.54, 1.807) is 6.21 Å². The van der Waals surface area contributed by atoms with Gasteiger partial charge in [0.2, 0.25) is 0 Å². The van der Waals surface area contributed by atoms with Crippen molar-refractivity contribution < 1.29 is 13.2 Å². The number of halogens is 3. The normalized spacial score (nSPS) is 16.6. The molecule has 1 N–H and O–H groups in total. The molecule has 2 heterocycles. The van der Waals surface area contributed by atoms with Gasteiger partial charge in [0, 0.05) is 32.4 Å². The average Bonchev–Trinajstić information content (AvgIpc) is 2.63. The summed E-state index contributed by atoms with van der Waals surface area (Å²) < 4.78 is 40.7. The summed E-state index contributed by atoms with van der Waals surface area (Å²) in [6, 6.07) is 3.38. The van der Waals surface area contributed by atoms with E-state index >= 15 is 0 Å². The van der Waals surface area contributed by atoms with Crippen LogP contribution in [0.5, 0.6) is 0 Å². The van der Waals surface area contributed by atoms with E-state index in [1.165, 1.54) is 10.7 Å². The Morgan fingerprint density at radius 2 is 1.93 bits per heavy atom. The van der Waals surface area contributed by atoms with Crippen LogP contribution >= 0.6 is 0 Å². The zero-order chi connectivity index (χ0) is 19.6. The number of likely N-dealkylation sites (N-methyl/N-ethyl adjacent to an activating group) is 1. The second-order valence-electron chi connectivity index (χ2n) is 6.67. The van der Waals surface area contributed by atoms with Crippen LogP contribution in [-0.4, -0.2) is 54.0 Å². The number of rotatable bonds is 4. The van der Waals surface area contributed by atoms with E-state index in [0.717, 1.165) is 31.6 Å². The molecule has 0 aliphatic carbocycles. The Kier molecular flexibility index (Phi) is 5.50. The van der Waals surface area contributed by atoms with E-state index in [-0.39, 0.29) is 11.0 Å². The lowest BCUT2D eigenvalue weighted by Crippen LogP contribution is -2.47. The van der Waals surface area contributed by atoms with Crippen LogP contribution in [0.15, 0.2) is 23.3 Å². The van der Waals surface area contributed by atoms with Crippen LogP contribution in [0.25, 0.3) is 11.0 Å². The van der Waals surface area contributed by atoms with Gasteiger partial charge in [-0.05, 0) is 31.7 Å². The van der Waals surface area contributed by atoms with Gasteiger partial charge in [0.25, 0.3) is 0 Å². The van der Waals surface area contributed by atoms with E-state index in [2.05, 4.69) is 15.0 Å². The van der Waals surface area contributed by atoms with Crippen molar-refractivity contribution in [1.82, 2.24) is 14.6 Å². The summed E-state index contributed by atoms with van der Waals surface area (Å²) in [7, 11) is 2.03. The highest BCUT2D eigenvalue weighted by Crippen LogP contribution is 2.31. The van der Waals surface area contributed by atoms with Crippen molar-refractivity contribution in [3.63, 3.8) is 0 Å². The zero-order valence-corrected chi connectivity index (χ0v) is 15.4. The smallest absolute Gasteiger partial charge is 0.351 e.